The van der Waals surface area contributed by atoms with Crippen LogP contribution in [0.2, 0.25) is 0 Å². The largest absolute Gasteiger partial charge is 0.508 e. The van der Waals surface area contributed by atoms with Gasteiger partial charge < -0.3 is 20.2 Å². The summed E-state index contributed by atoms with van der Waals surface area (Å²) in [6.45, 7) is 3.51. The summed E-state index contributed by atoms with van der Waals surface area (Å²) in [5.41, 5.74) is 8.75. The zero-order valence-electron chi connectivity index (χ0n) is 21.3. The number of anilines is 1. The van der Waals surface area contributed by atoms with Gasteiger partial charge in [-0.2, -0.15) is 5.10 Å². The fraction of sp³-hybridized carbons (Fsp3) is 0.214. The summed E-state index contributed by atoms with van der Waals surface area (Å²) in [7, 11) is 2.06. The molecule has 0 saturated carbocycles. The van der Waals surface area contributed by atoms with Crippen LogP contribution in [0.3, 0.4) is 0 Å². The molecule has 0 bridgehead atoms. The number of aromatic nitrogens is 4. The van der Waals surface area contributed by atoms with Crippen LogP contribution in [-0.2, 0) is 0 Å². The van der Waals surface area contributed by atoms with E-state index in [9.17, 15) is 14.3 Å². The Kier molecular flexibility index (Phi) is 6.83. The number of rotatable bonds is 4. The number of nitrogen functional groups attached to an aromatic ring is 1. The summed E-state index contributed by atoms with van der Waals surface area (Å²) in [5.74, 6) is -0.267. The maximum Gasteiger partial charge on any atom is 0.343 e. The molecule has 0 radical (unpaired) electrons. The van der Waals surface area contributed by atoms with Crippen LogP contribution in [0, 0.1) is 5.82 Å². The van der Waals surface area contributed by atoms with Crippen molar-refractivity contribution in [2.24, 2.45) is 0 Å². The van der Waals surface area contributed by atoms with Crippen molar-refractivity contribution in [2.45, 2.75) is 19.4 Å². The summed E-state index contributed by atoms with van der Waals surface area (Å²) in [4.78, 5) is 23.9. The minimum atomic E-state index is -0.622. The van der Waals surface area contributed by atoms with Gasteiger partial charge in [-0.15, -0.1) is 12.4 Å². The van der Waals surface area contributed by atoms with Crippen LogP contribution in [0.4, 0.5) is 10.2 Å². The lowest BCUT2D eigenvalue weighted by Crippen LogP contribution is -2.24. The van der Waals surface area contributed by atoms with Crippen molar-refractivity contribution in [3.05, 3.63) is 82.4 Å². The van der Waals surface area contributed by atoms with Gasteiger partial charge in [0, 0.05) is 30.3 Å². The SMILES string of the molecule is CC(c1oc(=O)c2ccccc2c1C1=CCN(C)CC1)n1nc(-c2cc(O)cc(F)c2)c2c(N)ncnc21.Cl. The molecule has 2 aromatic carbocycles. The van der Waals surface area contributed by atoms with E-state index in [2.05, 4.69) is 28.0 Å². The Bertz CT molecular complexity index is 1800. The van der Waals surface area contributed by atoms with Gasteiger partial charge in [-0.3, -0.25) is 0 Å². The normalized spacial score (nSPS) is 14.8. The molecule has 3 N–H and O–H groups in total. The van der Waals surface area contributed by atoms with Crippen molar-refractivity contribution >= 4 is 45.6 Å². The van der Waals surface area contributed by atoms with Crippen molar-refractivity contribution in [2.75, 3.05) is 25.9 Å². The van der Waals surface area contributed by atoms with Gasteiger partial charge in [0.25, 0.3) is 0 Å². The minimum Gasteiger partial charge on any atom is -0.508 e. The molecule has 39 heavy (non-hydrogen) atoms. The first-order chi connectivity index (χ1) is 18.3. The summed E-state index contributed by atoms with van der Waals surface area (Å²) in [6, 6.07) is 10.5. The molecule has 11 heteroatoms. The number of nitrogens with zero attached hydrogens (tertiary/aromatic N) is 5. The summed E-state index contributed by atoms with van der Waals surface area (Å²) in [6.07, 6.45) is 4.27. The molecule has 3 aromatic heterocycles. The molecule has 0 aliphatic carbocycles. The average molecular weight is 549 g/mol. The highest BCUT2D eigenvalue weighted by Crippen LogP contribution is 2.38. The molecule has 1 aliphatic heterocycles. The zero-order chi connectivity index (χ0) is 26.6. The smallest absolute Gasteiger partial charge is 0.343 e. The lowest BCUT2D eigenvalue weighted by Gasteiger charge is -2.25. The van der Waals surface area contributed by atoms with E-state index in [1.807, 2.05) is 25.1 Å². The number of benzene rings is 2. The molecule has 5 aromatic rings. The molecule has 0 fully saturated rings. The Balaban J connectivity index is 0.00000308. The van der Waals surface area contributed by atoms with Gasteiger partial charge >= 0.3 is 5.63 Å². The molecule has 1 aliphatic rings. The van der Waals surface area contributed by atoms with Crippen LogP contribution in [0.25, 0.3) is 38.6 Å². The molecule has 1 atom stereocenters. The predicted octanol–water partition coefficient (Wildman–Crippen LogP) is 4.78. The van der Waals surface area contributed by atoms with Crippen molar-refractivity contribution in [1.82, 2.24) is 24.6 Å². The summed E-state index contributed by atoms with van der Waals surface area (Å²) in [5, 5.41) is 16.5. The Labute approximate surface area is 228 Å². The number of likely N-dealkylation sites (N-methyl/N-ethyl adjacent to an activating group) is 1. The third kappa shape index (κ3) is 4.51. The van der Waals surface area contributed by atoms with Crippen LogP contribution in [0.5, 0.6) is 5.75 Å². The molecule has 4 heterocycles. The minimum absolute atomic E-state index is 0. The zero-order valence-corrected chi connectivity index (χ0v) is 22.1. The van der Waals surface area contributed by atoms with E-state index >= 15 is 0 Å². The van der Waals surface area contributed by atoms with E-state index in [1.165, 1.54) is 18.5 Å². The average Bonchev–Trinajstić information content (AvgIpc) is 3.30. The van der Waals surface area contributed by atoms with Crippen molar-refractivity contribution < 1.29 is 13.9 Å². The molecule has 200 valence electrons. The molecule has 1 unspecified atom stereocenters. The number of nitrogens with two attached hydrogens (primary N) is 1. The highest BCUT2D eigenvalue weighted by molar-refractivity contribution is 5.99. The second-order valence-corrected chi connectivity index (χ2v) is 9.54. The van der Waals surface area contributed by atoms with Crippen molar-refractivity contribution in [1.29, 1.82) is 0 Å². The summed E-state index contributed by atoms with van der Waals surface area (Å²) >= 11 is 0. The van der Waals surface area contributed by atoms with Gasteiger partial charge in [0.05, 0.1) is 10.8 Å². The van der Waals surface area contributed by atoms with E-state index in [-0.39, 0.29) is 24.0 Å². The van der Waals surface area contributed by atoms with Crippen LogP contribution < -0.4 is 11.4 Å². The third-order valence-electron chi connectivity index (χ3n) is 7.02. The Morgan fingerprint density at radius 3 is 2.64 bits per heavy atom. The van der Waals surface area contributed by atoms with Crippen molar-refractivity contribution in [3.63, 3.8) is 0 Å². The molecular weight excluding hydrogens is 523 g/mol. The predicted molar refractivity (Wildman–Crippen MR) is 150 cm³/mol. The number of hydrogen-bond acceptors (Lipinski definition) is 8. The van der Waals surface area contributed by atoms with Gasteiger partial charge in [-0.25, -0.2) is 23.8 Å². The number of phenols is 1. The van der Waals surface area contributed by atoms with Crippen LogP contribution in [-0.4, -0.2) is 49.9 Å². The Morgan fingerprint density at radius 2 is 1.92 bits per heavy atom. The molecule has 0 saturated heterocycles. The second-order valence-electron chi connectivity index (χ2n) is 9.54. The second kappa shape index (κ2) is 10.1. The van der Waals surface area contributed by atoms with Crippen LogP contribution in [0.15, 0.2) is 64.1 Å². The third-order valence-corrected chi connectivity index (χ3v) is 7.02. The molecule has 0 amide bonds. The fourth-order valence-corrected chi connectivity index (χ4v) is 5.13. The Morgan fingerprint density at radius 1 is 1.15 bits per heavy atom. The molecule has 0 spiro atoms. The number of phenolic OH excluding ortho intramolecular Hbond substituents is 1. The maximum atomic E-state index is 14.2. The van der Waals surface area contributed by atoms with E-state index in [1.54, 1.807) is 10.7 Å². The highest BCUT2D eigenvalue weighted by atomic mass is 35.5. The van der Waals surface area contributed by atoms with Gasteiger partial charge in [-0.1, -0.05) is 24.3 Å². The quantitative estimate of drug-likeness (QED) is 0.329. The van der Waals surface area contributed by atoms with E-state index in [0.717, 1.165) is 42.1 Å². The van der Waals surface area contributed by atoms with E-state index < -0.39 is 17.5 Å². The number of fused-ring (bicyclic) bond motifs is 2. The van der Waals surface area contributed by atoms with Crippen LogP contribution in [0.1, 0.15) is 30.7 Å². The standard InChI is InChI=1S/C28H25FN6O3.ClH/c1-15(25-22(16-7-9-34(2)10-8-16)20-5-3-4-6-21(20)28(37)38-25)35-27-23(26(30)31-14-32-27)24(33-35)17-11-18(29)13-19(36)12-17;/h3-7,11-15,36H,8-10H2,1-2H3,(H2,30,31,32);1H. The van der Waals surface area contributed by atoms with Gasteiger partial charge in [0.15, 0.2) is 5.65 Å². The van der Waals surface area contributed by atoms with Crippen LogP contribution >= 0.6 is 12.4 Å². The lowest BCUT2D eigenvalue weighted by molar-refractivity contribution is 0.368. The number of hydrogen-bond donors (Lipinski definition) is 2. The number of halogens is 2. The molecule has 6 rings (SSSR count). The first kappa shape index (κ1) is 26.3. The van der Waals surface area contributed by atoms with Gasteiger partial charge in [0.1, 0.15) is 41.2 Å². The molecule has 9 nitrogen and oxygen atoms in total. The lowest BCUT2D eigenvalue weighted by atomic mass is 9.92. The topological polar surface area (TPSA) is 123 Å². The number of aromatic hydroxyl groups is 1. The van der Waals surface area contributed by atoms with Gasteiger partial charge in [0.2, 0.25) is 0 Å². The molecular formula is C28H26ClFN6O3. The fourth-order valence-electron chi connectivity index (χ4n) is 5.13. The monoisotopic (exact) mass is 548 g/mol. The summed E-state index contributed by atoms with van der Waals surface area (Å²) < 4.78 is 21.8. The van der Waals surface area contributed by atoms with Crippen molar-refractivity contribution in [3.8, 4) is 17.0 Å². The van der Waals surface area contributed by atoms with E-state index in [0.29, 0.717) is 33.4 Å². The Hall–Kier alpha value is -4.28. The highest BCUT2D eigenvalue weighted by Gasteiger charge is 2.28. The van der Waals surface area contributed by atoms with Gasteiger partial charge in [-0.05, 0) is 49.6 Å². The first-order valence-corrected chi connectivity index (χ1v) is 12.2. The maximum absolute atomic E-state index is 14.2. The van der Waals surface area contributed by atoms with E-state index in [4.69, 9.17) is 15.2 Å². The first-order valence-electron chi connectivity index (χ1n) is 12.2.